The molecule has 1 saturated carbocycles. The summed E-state index contributed by atoms with van der Waals surface area (Å²) in [5.41, 5.74) is 0.261. The molecule has 0 bridgehead atoms. The molecule has 1 fully saturated rings. The lowest BCUT2D eigenvalue weighted by Gasteiger charge is -2.21. The molecular formula is C15H14N2O4. The molecule has 1 aliphatic carbocycles. The molecule has 108 valence electrons. The third kappa shape index (κ3) is 2.94. The van der Waals surface area contributed by atoms with Crippen molar-refractivity contribution in [1.29, 1.82) is 0 Å². The first kappa shape index (κ1) is 13.4. The van der Waals surface area contributed by atoms with Crippen LogP contribution in [0.4, 0.5) is 5.69 Å². The van der Waals surface area contributed by atoms with Gasteiger partial charge in [-0.25, -0.2) is 0 Å². The Bertz CT molecular complexity index is 662. The summed E-state index contributed by atoms with van der Waals surface area (Å²) in [6, 6.07) is 9.62. The maximum absolute atomic E-state index is 12.6. The van der Waals surface area contributed by atoms with E-state index in [9.17, 15) is 14.9 Å². The van der Waals surface area contributed by atoms with Crippen molar-refractivity contribution in [3.8, 4) is 0 Å². The van der Waals surface area contributed by atoms with Crippen LogP contribution in [0, 0.1) is 10.1 Å². The van der Waals surface area contributed by atoms with Crippen LogP contribution in [0.25, 0.3) is 0 Å². The Morgan fingerprint density at radius 3 is 2.76 bits per heavy atom. The number of non-ortho nitro benzene ring substituents is 1. The SMILES string of the molecule is O=C(c1cccc([N+](=O)[O-])c1)N(Cc1ccco1)C1CC1. The zero-order valence-electron chi connectivity index (χ0n) is 11.3. The van der Waals surface area contributed by atoms with Crippen molar-refractivity contribution in [2.24, 2.45) is 0 Å². The van der Waals surface area contributed by atoms with Crippen LogP contribution >= 0.6 is 0 Å². The molecule has 6 heteroatoms. The first-order valence-electron chi connectivity index (χ1n) is 6.73. The number of hydrogen-bond donors (Lipinski definition) is 0. The largest absolute Gasteiger partial charge is 0.467 e. The maximum Gasteiger partial charge on any atom is 0.270 e. The molecule has 0 saturated heterocycles. The van der Waals surface area contributed by atoms with Crippen LogP contribution in [0.15, 0.2) is 47.1 Å². The number of nitrogens with zero attached hydrogens (tertiary/aromatic N) is 2. The van der Waals surface area contributed by atoms with Gasteiger partial charge in [-0.15, -0.1) is 0 Å². The highest BCUT2D eigenvalue weighted by molar-refractivity contribution is 5.95. The second-order valence-corrected chi connectivity index (χ2v) is 5.05. The smallest absolute Gasteiger partial charge is 0.270 e. The molecule has 1 aromatic heterocycles. The van der Waals surface area contributed by atoms with E-state index in [1.54, 1.807) is 23.3 Å². The van der Waals surface area contributed by atoms with Gasteiger partial charge in [-0.05, 0) is 31.0 Å². The summed E-state index contributed by atoms with van der Waals surface area (Å²) in [6.45, 7) is 0.388. The van der Waals surface area contributed by atoms with Gasteiger partial charge in [-0.2, -0.15) is 0 Å². The van der Waals surface area contributed by atoms with E-state index in [0.29, 0.717) is 17.9 Å². The van der Waals surface area contributed by atoms with Gasteiger partial charge in [0.25, 0.3) is 11.6 Å². The minimum atomic E-state index is -0.495. The average molecular weight is 286 g/mol. The van der Waals surface area contributed by atoms with Crippen LogP contribution in [0.1, 0.15) is 29.0 Å². The van der Waals surface area contributed by atoms with E-state index < -0.39 is 4.92 Å². The van der Waals surface area contributed by atoms with Crippen molar-refractivity contribution in [3.63, 3.8) is 0 Å². The number of carbonyl (C=O) groups excluding carboxylic acids is 1. The van der Waals surface area contributed by atoms with E-state index in [1.807, 2.05) is 6.07 Å². The summed E-state index contributed by atoms with van der Waals surface area (Å²) in [5, 5.41) is 10.8. The molecule has 1 heterocycles. The fourth-order valence-corrected chi connectivity index (χ4v) is 2.24. The summed E-state index contributed by atoms with van der Waals surface area (Å²) in [6.07, 6.45) is 3.49. The molecule has 2 aromatic rings. The molecule has 0 spiro atoms. The third-order valence-corrected chi connectivity index (χ3v) is 3.46. The Morgan fingerprint density at radius 1 is 1.33 bits per heavy atom. The Labute approximate surface area is 121 Å². The first-order valence-corrected chi connectivity index (χ1v) is 6.73. The van der Waals surface area contributed by atoms with Gasteiger partial charge in [-0.1, -0.05) is 6.07 Å². The number of nitro groups is 1. The summed E-state index contributed by atoms with van der Waals surface area (Å²) < 4.78 is 5.29. The Balaban J connectivity index is 1.84. The summed E-state index contributed by atoms with van der Waals surface area (Å²) in [7, 11) is 0. The molecule has 0 unspecified atom stereocenters. The minimum Gasteiger partial charge on any atom is -0.467 e. The molecule has 0 atom stereocenters. The zero-order valence-corrected chi connectivity index (χ0v) is 11.3. The number of rotatable bonds is 5. The van der Waals surface area contributed by atoms with Gasteiger partial charge in [0.05, 0.1) is 17.7 Å². The van der Waals surface area contributed by atoms with Crippen molar-refractivity contribution in [2.75, 3.05) is 0 Å². The normalized spacial score (nSPS) is 13.9. The van der Waals surface area contributed by atoms with Crippen molar-refractivity contribution in [2.45, 2.75) is 25.4 Å². The molecule has 1 aliphatic rings. The van der Waals surface area contributed by atoms with Crippen LogP contribution in [-0.4, -0.2) is 21.8 Å². The van der Waals surface area contributed by atoms with E-state index in [0.717, 1.165) is 12.8 Å². The molecule has 0 radical (unpaired) electrons. The molecule has 6 nitrogen and oxygen atoms in total. The highest BCUT2D eigenvalue weighted by atomic mass is 16.6. The minimum absolute atomic E-state index is 0.0744. The number of amides is 1. The van der Waals surface area contributed by atoms with Crippen molar-refractivity contribution in [1.82, 2.24) is 4.90 Å². The highest BCUT2D eigenvalue weighted by Crippen LogP contribution is 2.30. The molecule has 21 heavy (non-hydrogen) atoms. The molecule has 3 rings (SSSR count). The van der Waals surface area contributed by atoms with Crippen molar-refractivity contribution >= 4 is 11.6 Å². The van der Waals surface area contributed by atoms with Crippen molar-refractivity contribution in [3.05, 3.63) is 64.1 Å². The lowest BCUT2D eigenvalue weighted by atomic mass is 10.1. The summed E-state index contributed by atoms with van der Waals surface area (Å²) >= 11 is 0. The van der Waals surface area contributed by atoms with E-state index in [1.165, 1.54) is 18.2 Å². The maximum atomic E-state index is 12.6. The van der Waals surface area contributed by atoms with Crippen LogP contribution in [-0.2, 0) is 6.54 Å². The monoisotopic (exact) mass is 286 g/mol. The fraction of sp³-hybridized carbons (Fsp3) is 0.267. The topological polar surface area (TPSA) is 76.6 Å². The summed E-state index contributed by atoms with van der Waals surface area (Å²) in [4.78, 5) is 24.6. The standard InChI is InChI=1S/C15H14N2O4/c18-15(11-3-1-4-13(9-11)17(19)20)16(12-6-7-12)10-14-5-2-8-21-14/h1-5,8-9,12H,6-7,10H2. The van der Waals surface area contributed by atoms with Gasteiger partial charge in [0.2, 0.25) is 0 Å². The average Bonchev–Trinajstić information content (AvgIpc) is 3.20. The van der Waals surface area contributed by atoms with Crippen LogP contribution in [0.3, 0.4) is 0 Å². The lowest BCUT2D eigenvalue weighted by Crippen LogP contribution is -2.32. The Hall–Kier alpha value is -2.63. The van der Waals surface area contributed by atoms with Gasteiger partial charge in [0.1, 0.15) is 5.76 Å². The quantitative estimate of drug-likeness (QED) is 0.625. The van der Waals surface area contributed by atoms with Crippen LogP contribution in [0.5, 0.6) is 0 Å². The van der Waals surface area contributed by atoms with Crippen LogP contribution in [0.2, 0.25) is 0 Å². The molecule has 1 aromatic carbocycles. The second kappa shape index (κ2) is 5.40. The van der Waals surface area contributed by atoms with Gasteiger partial charge in [-0.3, -0.25) is 14.9 Å². The van der Waals surface area contributed by atoms with E-state index in [-0.39, 0.29) is 17.6 Å². The number of furan rings is 1. The molecule has 0 N–H and O–H groups in total. The Kier molecular flexibility index (Phi) is 3.43. The zero-order chi connectivity index (χ0) is 14.8. The van der Waals surface area contributed by atoms with Gasteiger partial charge in [0.15, 0.2) is 0 Å². The van der Waals surface area contributed by atoms with Crippen LogP contribution < -0.4 is 0 Å². The third-order valence-electron chi connectivity index (χ3n) is 3.46. The highest BCUT2D eigenvalue weighted by Gasteiger charge is 2.33. The number of carbonyl (C=O) groups is 1. The van der Waals surface area contributed by atoms with E-state index in [4.69, 9.17) is 4.42 Å². The van der Waals surface area contributed by atoms with Gasteiger partial charge >= 0.3 is 0 Å². The summed E-state index contributed by atoms with van der Waals surface area (Å²) in [5.74, 6) is 0.512. The number of nitro benzene ring substituents is 1. The van der Waals surface area contributed by atoms with E-state index in [2.05, 4.69) is 0 Å². The fourth-order valence-electron chi connectivity index (χ4n) is 2.24. The predicted molar refractivity (Wildman–Crippen MR) is 74.7 cm³/mol. The van der Waals surface area contributed by atoms with Gasteiger partial charge < -0.3 is 9.32 Å². The lowest BCUT2D eigenvalue weighted by molar-refractivity contribution is -0.384. The molecular weight excluding hydrogens is 272 g/mol. The first-order chi connectivity index (χ1) is 10.1. The Morgan fingerprint density at radius 2 is 2.14 bits per heavy atom. The molecule has 0 aliphatic heterocycles. The van der Waals surface area contributed by atoms with Crippen molar-refractivity contribution < 1.29 is 14.1 Å². The second-order valence-electron chi connectivity index (χ2n) is 5.05. The molecule has 1 amide bonds. The number of hydrogen-bond acceptors (Lipinski definition) is 4. The van der Waals surface area contributed by atoms with Gasteiger partial charge in [0, 0.05) is 23.7 Å². The van der Waals surface area contributed by atoms with E-state index >= 15 is 0 Å². The predicted octanol–water partition coefficient (Wildman–Crippen LogP) is 2.99. The number of benzene rings is 1.